The molecule has 0 aliphatic heterocycles. The molecule has 1 unspecified atom stereocenters. The first-order chi connectivity index (χ1) is 7.13. The molecule has 0 bridgehead atoms. The van der Waals surface area contributed by atoms with Crippen molar-refractivity contribution in [1.82, 2.24) is 10.2 Å². The van der Waals surface area contributed by atoms with Gasteiger partial charge in [0.15, 0.2) is 0 Å². The van der Waals surface area contributed by atoms with E-state index in [1.165, 1.54) is 25.7 Å². The zero-order valence-electron chi connectivity index (χ0n) is 10.3. The maximum Gasteiger partial charge on any atom is 0.236 e. The van der Waals surface area contributed by atoms with Crippen molar-refractivity contribution < 1.29 is 4.79 Å². The van der Waals surface area contributed by atoms with Crippen LogP contribution in [0.5, 0.6) is 0 Å². The third kappa shape index (κ3) is 4.20. The maximum absolute atomic E-state index is 11.5. The first-order valence-electron chi connectivity index (χ1n) is 6.10. The molecule has 0 saturated heterocycles. The summed E-state index contributed by atoms with van der Waals surface area (Å²) in [7, 11) is 1.85. The van der Waals surface area contributed by atoms with Gasteiger partial charge in [-0.3, -0.25) is 4.79 Å². The number of nitrogens with zero attached hydrogens (tertiary/aromatic N) is 1. The molecule has 3 heteroatoms. The zero-order chi connectivity index (χ0) is 11.3. The largest absolute Gasteiger partial charge is 0.345 e. The minimum absolute atomic E-state index is 0.193. The molecule has 0 aromatic rings. The van der Waals surface area contributed by atoms with Crippen molar-refractivity contribution in [3.05, 3.63) is 0 Å². The van der Waals surface area contributed by atoms with Gasteiger partial charge in [-0.15, -0.1) is 0 Å². The lowest BCUT2D eigenvalue weighted by Gasteiger charge is -2.28. The first kappa shape index (κ1) is 12.5. The molecule has 1 saturated carbocycles. The second-order valence-corrected chi connectivity index (χ2v) is 4.72. The molecular formula is C12H24N2O. The number of likely N-dealkylation sites (N-methyl/N-ethyl adjacent to an activating group) is 1. The second kappa shape index (κ2) is 6.11. The summed E-state index contributed by atoms with van der Waals surface area (Å²) in [6.07, 6.45) is 5.39. The summed E-state index contributed by atoms with van der Waals surface area (Å²) >= 11 is 0. The highest BCUT2D eigenvalue weighted by Crippen LogP contribution is 2.30. The summed E-state index contributed by atoms with van der Waals surface area (Å²) in [6, 6.07) is 0.476. The number of hydrogen-bond donors (Lipinski definition) is 1. The number of hydrogen-bond acceptors (Lipinski definition) is 2. The lowest BCUT2D eigenvalue weighted by Crippen LogP contribution is -2.40. The normalized spacial score (nSPS) is 18.3. The quantitative estimate of drug-likeness (QED) is 0.726. The predicted molar refractivity (Wildman–Crippen MR) is 62.7 cm³/mol. The summed E-state index contributed by atoms with van der Waals surface area (Å²) in [4.78, 5) is 13.3. The first-order valence-corrected chi connectivity index (χ1v) is 6.10. The molecule has 1 N–H and O–H groups in total. The van der Waals surface area contributed by atoms with Crippen LogP contribution in [0.25, 0.3) is 0 Å². The minimum Gasteiger partial charge on any atom is -0.345 e. The molecule has 88 valence electrons. The van der Waals surface area contributed by atoms with Crippen LogP contribution in [0.3, 0.4) is 0 Å². The smallest absolute Gasteiger partial charge is 0.236 e. The number of rotatable bonds is 6. The fourth-order valence-corrected chi connectivity index (χ4v) is 1.88. The van der Waals surface area contributed by atoms with Crippen molar-refractivity contribution in [2.24, 2.45) is 5.92 Å². The summed E-state index contributed by atoms with van der Waals surface area (Å²) in [5.41, 5.74) is 0. The van der Waals surface area contributed by atoms with Gasteiger partial charge in [-0.1, -0.05) is 19.3 Å². The highest BCUT2D eigenvalue weighted by Gasteiger charge is 2.20. The van der Waals surface area contributed by atoms with E-state index < -0.39 is 0 Å². The van der Waals surface area contributed by atoms with Crippen LogP contribution in [0.2, 0.25) is 0 Å². The van der Waals surface area contributed by atoms with Gasteiger partial charge in [0.25, 0.3) is 0 Å². The standard InChI is InChI=1S/C12H24N2O/c1-4-14(3)12(15)9-13-10(2)8-11-6-5-7-11/h10-11,13H,4-9H2,1-3H3. The van der Waals surface area contributed by atoms with E-state index in [4.69, 9.17) is 0 Å². The summed E-state index contributed by atoms with van der Waals surface area (Å²) < 4.78 is 0. The molecule has 1 rings (SSSR count). The van der Waals surface area contributed by atoms with Gasteiger partial charge in [0.2, 0.25) is 5.91 Å². The summed E-state index contributed by atoms with van der Waals surface area (Å²) in [5.74, 6) is 1.10. The fraction of sp³-hybridized carbons (Fsp3) is 0.917. The van der Waals surface area contributed by atoms with Gasteiger partial charge in [-0.2, -0.15) is 0 Å². The van der Waals surface area contributed by atoms with E-state index in [2.05, 4.69) is 12.2 Å². The number of carbonyl (C=O) groups is 1. The molecule has 0 aromatic carbocycles. The molecule has 15 heavy (non-hydrogen) atoms. The van der Waals surface area contributed by atoms with Gasteiger partial charge in [0, 0.05) is 19.6 Å². The van der Waals surface area contributed by atoms with E-state index in [0.29, 0.717) is 12.6 Å². The SMILES string of the molecule is CCN(C)C(=O)CNC(C)CC1CCC1. The number of amides is 1. The second-order valence-electron chi connectivity index (χ2n) is 4.72. The monoisotopic (exact) mass is 212 g/mol. The Morgan fingerprint density at radius 2 is 2.20 bits per heavy atom. The molecule has 1 fully saturated rings. The van der Waals surface area contributed by atoms with Gasteiger partial charge in [-0.05, 0) is 26.2 Å². The van der Waals surface area contributed by atoms with Crippen LogP contribution in [0.4, 0.5) is 0 Å². The fourth-order valence-electron chi connectivity index (χ4n) is 1.88. The molecule has 1 aliphatic carbocycles. The number of carbonyl (C=O) groups excluding carboxylic acids is 1. The van der Waals surface area contributed by atoms with Crippen LogP contribution >= 0.6 is 0 Å². The Balaban J connectivity index is 2.09. The van der Waals surface area contributed by atoms with E-state index >= 15 is 0 Å². The average molecular weight is 212 g/mol. The third-order valence-electron chi connectivity index (χ3n) is 3.41. The predicted octanol–water partition coefficient (Wildman–Crippen LogP) is 1.63. The highest BCUT2D eigenvalue weighted by atomic mass is 16.2. The molecule has 1 aliphatic rings. The Bertz CT molecular complexity index is 202. The van der Waals surface area contributed by atoms with E-state index in [0.717, 1.165) is 12.5 Å². The van der Waals surface area contributed by atoms with Crippen LogP contribution < -0.4 is 5.32 Å². The average Bonchev–Trinajstić information content (AvgIpc) is 2.18. The van der Waals surface area contributed by atoms with Crippen LogP contribution in [-0.2, 0) is 4.79 Å². The molecule has 0 heterocycles. The maximum atomic E-state index is 11.5. The molecule has 0 radical (unpaired) electrons. The van der Waals surface area contributed by atoms with E-state index in [9.17, 15) is 4.79 Å². The van der Waals surface area contributed by atoms with Gasteiger partial charge in [0.05, 0.1) is 6.54 Å². The zero-order valence-corrected chi connectivity index (χ0v) is 10.3. The summed E-state index contributed by atoms with van der Waals surface area (Å²) in [5, 5.41) is 3.31. The van der Waals surface area contributed by atoms with Crippen LogP contribution in [0.1, 0.15) is 39.5 Å². The van der Waals surface area contributed by atoms with Crippen molar-refractivity contribution in [1.29, 1.82) is 0 Å². The van der Waals surface area contributed by atoms with Crippen molar-refractivity contribution in [3.63, 3.8) is 0 Å². The summed E-state index contributed by atoms with van der Waals surface area (Å²) in [6.45, 7) is 5.45. The Kier molecular flexibility index (Phi) is 5.09. The van der Waals surface area contributed by atoms with Crippen molar-refractivity contribution in [3.8, 4) is 0 Å². The Labute approximate surface area is 93.2 Å². The Morgan fingerprint density at radius 1 is 1.53 bits per heavy atom. The Morgan fingerprint density at radius 3 is 2.67 bits per heavy atom. The molecular weight excluding hydrogens is 188 g/mol. The molecule has 0 spiro atoms. The lowest BCUT2D eigenvalue weighted by atomic mass is 9.81. The Hall–Kier alpha value is -0.570. The van der Waals surface area contributed by atoms with Gasteiger partial charge in [0.1, 0.15) is 0 Å². The van der Waals surface area contributed by atoms with E-state index in [1.807, 2.05) is 14.0 Å². The van der Waals surface area contributed by atoms with Crippen molar-refractivity contribution in [2.45, 2.75) is 45.6 Å². The van der Waals surface area contributed by atoms with Crippen LogP contribution in [0, 0.1) is 5.92 Å². The van der Waals surface area contributed by atoms with Crippen LogP contribution in [0.15, 0.2) is 0 Å². The van der Waals surface area contributed by atoms with Gasteiger partial charge < -0.3 is 10.2 Å². The van der Waals surface area contributed by atoms with Gasteiger partial charge >= 0.3 is 0 Å². The number of nitrogens with one attached hydrogen (secondary N) is 1. The van der Waals surface area contributed by atoms with Crippen LogP contribution in [-0.4, -0.2) is 37.0 Å². The molecule has 1 atom stereocenters. The van der Waals surface area contributed by atoms with E-state index in [1.54, 1.807) is 4.90 Å². The van der Waals surface area contributed by atoms with Gasteiger partial charge in [-0.25, -0.2) is 0 Å². The minimum atomic E-state index is 0.193. The highest BCUT2D eigenvalue weighted by molar-refractivity contribution is 5.77. The van der Waals surface area contributed by atoms with Crippen molar-refractivity contribution >= 4 is 5.91 Å². The molecule has 3 nitrogen and oxygen atoms in total. The van der Waals surface area contributed by atoms with E-state index in [-0.39, 0.29) is 5.91 Å². The molecule has 1 amide bonds. The third-order valence-corrected chi connectivity index (χ3v) is 3.41. The molecule has 0 aromatic heterocycles. The topological polar surface area (TPSA) is 32.3 Å². The van der Waals surface area contributed by atoms with Crippen molar-refractivity contribution in [2.75, 3.05) is 20.1 Å². The lowest BCUT2D eigenvalue weighted by molar-refractivity contribution is -0.128.